The molecule has 1 aromatic carbocycles. The van der Waals surface area contributed by atoms with Crippen molar-refractivity contribution in [2.24, 2.45) is 20.0 Å². The Kier molecular flexibility index (Phi) is 22.9. The Morgan fingerprint density at radius 1 is 0.582 bits per heavy atom. The van der Waals surface area contributed by atoms with Crippen molar-refractivity contribution in [1.82, 2.24) is 57.1 Å². The summed E-state index contributed by atoms with van der Waals surface area (Å²) in [4.78, 5) is 64.5. The van der Waals surface area contributed by atoms with Crippen molar-refractivity contribution in [3.8, 4) is 68.0 Å². The lowest BCUT2D eigenvalue weighted by Gasteiger charge is -2.16. The van der Waals surface area contributed by atoms with E-state index in [1.807, 2.05) is 29.9 Å². The molecule has 0 unspecified atom stereocenters. The second-order valence-corrected chi connectivity index (χ2v) is 20.4. The van der Waals surface area contributed by atoms with Crippen LogP contribution in [0.2, 0.25) is 10.0 Å². The highest BCUT2D eigenvalue weighted by atomic mass is 79.9. The lowest BCUT2D eigenvalue weighted by atomic mass is 10.00. The molecule has 1 aliphatic rings. The van der Waals surface area contributed by atoms with E-state index in [1.54, 1.807) is 149 Å². The van der Waals surface area contributed by atoms with E-state index in [9.17, 15) is 28.0 Å². The number of carbonyl (C=O) groups is 4. The Morgan fingerprint density at radius 2 is 1.05 bits per heavy atom. The van der Waals surface area contributed by atoms with E-state index < -0.39 is 24.5 Å². The number of carbonyl (C=O) groups excluding carboxylic acids is 4. The van der Waals surface area contributed by atoms with Gasteiger partial charge in [0.2, 0.25) is 0 Å². The predicted octanol–water partition coefficient (Wildman–Crippen LogP) is 10.8. The summed E-state index contributed by atoms with van der Waals surface area (Å²) < 4.78 is 78.8. The average Bonchev–Trinajstić information content (AvgIpc) is 1.73. The SMILES string of the molecule is Br.CCOC(=O)COc1cn2c(-c3cc(OC)c(C(=O)CC4CC4)c(OC(F)F)c3)cnc2cc1-c1cnn(C)c1.CCOC(=O)COc1cn2ccnc2cc1-c1cnn(C)c1.CCOC(=O)COc1cn2ccnc2cc1Cl.Oc1cn2ccnc2cc1Cl. The van der Waals surface area contributed by atoms with E-state index in [0.29, 0.717) is 63.0 Å². The smallest absolute Gasteiger partial charge is 0.387 e. The van der Waals surface area contributed by atoms with Crippen LogP contribution in [0.5, 0.6) is 34.5 Å². The molecule has 1 saturated carbocycles. The minimum Gasteiger partial charge on any atom is -0.505 e. The molecule has 0 radical (unpaired) electrons. The molecular formula is C61H61BrCl2F2N12O13. The van der Waals surface area contributed by atoms with Crippen LogP contribution in [-0.4, -0.2) is 139 Å². The van der Waals surface area contributed by atoms with Crippen LogP contribution in [0.4, 0.5) is 8.78 Å². The molecule has 478 valence electrons. The van der Waals surface area contributed by atoms with Gasteiger partial charge in [-0.05, 0) is 63.8 Å². The Hall–Kier alpha value is -9.80. The molecule has 30 heteroatoms. The second-order valence-electron chi connectivity index (χ2n) is 19.6. The molecule has 1 aliphatic carbocycles. The number of methoxy groups -OCH3 is 1. The summed E-state index contributed by atoms with van der Waals surface area (Å²) in [5, 5.41) is 18.3. The van der Waals surface area contributed by atoms with Gasteiger partial charge < -0.3 is 56.2 Å². The quantitative estimate of drug-likeness (QED) is 0.0398. The number of aromatic hydroxyl groups is 1. The van der Waals surface area contributed by atoms with E-state index in [-0.39, 0.29) is 84.3 Å². The number of nitrogens with zero attached hydrogens (tertiary/aromatic N) is 12. The zero-order valence-corrected chi connectivity index (χ0v) is 53.0. The first kappa shape index (κ1) is 67.1. The largest absolute Gasteiger partial charge is 0.505 e. The molecule has 11 aromatic rings. The van der Waals surface area contributed by atoms with E-state index in [2.05, 4.69) is 30.1 Å². The van der Waals surface area contributed by atoms with Gasteiger partial charge in [-0.15, -0.1) is 17.0 Å². The maximum atomic E-state index is 13.4. The first-order valence-electron chi connectivity index (χ1n) is 27.9. The van der Waals surface area contributed by atoms with Gasteiger partial charge >= 0.3 is 24.5 Å². The molecule has 1 N–H and O–H groups in total. The molecule has 0 amide bonds. The lowest BCUT2D eigenvalue weighted by molar-refractivity contribution is -0.146. The monoisotopic (exact) mass is 1360 g/mol. The third kappa shape index (κ3) is 17.3. The minimum atomic E-state index is -3.14. The Bertz CT molecular complexity index is 4300. The maximum Gasteiger partial charge on any atom is 0.387 e. The minimum absolute atomic E-state index is 0. The van der Waals surface area contributed by atoms with Gasteiger partial charge in [0.15, 0.2) is 37.1 Å². The molecule has 12 rings (SSSR count). The number of ketones is 1. The molecule has 0 atom stereocenters. The van der Waals surface area contributed by atoms with Gasteiger partial charge in [-0.3, -0.25) is 18.6 Å². The van der Waals surface area contributed by atoms with E-state index in [4.69, 9.17) is 66.2 Å². The Balaban J connectivity index is 0.000000175. The van der Waals surface area contributed by atoms with Crippen molar-refractivity contribution >= 4 is 86.5 Å². The van der Waals surface area contributed by atoms with Crippen LogP contribution >= 0.6 is 40.2 Å². The van der Waals surface area contributed by atoms with Gasteiger partial charge in [0, 0.05) is 110 Å². The number of rotatable bonds is 21. The van der Waals surface area contributed by atoms with Crippen LogP contribution in [0.1, 0.15) is 50.4 Å². The molecule has 0 spiro atoms. The molecular weight excluding hydrogens is 1300 g/mol. The van der Waals surface area contributed by atoms with Crippen molar-refractivity contribution in [2.45, 2.75) is 46.6 Å². The predicted molar refractivity (Wildman–Crippen MR) is 334 cm³/mol. The number of aromatic nitrogens is 12. The van der Waals surface area contributed by atoms with Gasteiger partial charge in [-0.1, -0.05) is 23.2 Å². The summed E-state index contributed by atoms with van der Waals surface area (Å²) in [5.41, 5.74) is 6.77. The number of alkyl halides is 2. The number of aryl methyl sites for hydroxylation is 2. The summed E-state index contributed by atoms with van der Waals surface area (Å²) in [7, 11) is 4.99. The normalized spacial score (nSPS) is 11.6. The van der Waals surface area contributed by atoms with Crippen LogP contribution < -0.4 is 23.7 Å². The van der Waals surface area contributed by atoms with Gasteiger partial charge in [-0.2, -0.15) is 19.0 Å². The highest BCUT2D eigenvalue weighted by Gasteiger charge is 2.30. The van der Waals surface area contributed by atoms with Gasteiger partial charge in [-0.25, -0.2) is 34.3 Å². The molecule has 91 heavy (non-hydrogen) atoms. The molecule has 10 aromatic heterocycles. The number of pyridine rings is 4. The summed E-state index contributed by atoms with van der Waals surface area (Å²) in [6.45, 7) is 2.32. The van der Waals surface area contributed by atoms with Crippen molar-refractivity contribution in [3.63, 3.8) is 0 Å². The second kappa shape index (κ2) is 31.1. The van der Waals surface area contributed by atoms with E-state index in [1.165, 1.54) is 19.4 Å². The first-order valence-corrected chi connectivity index (χ1v) is 28.6. The number of imidazole rings is 4. The molecule has 0 bridgehead atoms. The topological polar surface area (TPSA) is 267 Å². The van der Waals surface area contributed by atoms with Gasteiger partial charge in [0.1, 0.15) is 51.2 Å². The van der Waals surface area contributed by atoms with Gasteiger partial charge in [0.25, 0.3) is 0 Å². The molecule has 25 nitrogen and oxygen atoms in total. The lowest BCUT2D eigenvalue weighted by Crippen LogP contribution is -2.15. The molecule has 0 aliphatic heterocycles. The third-order valence-electron chi connectivity index (χ3n) is 13.2. The summed E-state index contributed by atoms with van der Waals surface area (Å²) in [5.74, 6) is -0.146. The maximum absolute atomic E-state index is 13.4. The standard InChI is InChI=1S/C28H28F2N4O6.C15H16N4O3.C11H11ClN2O3.C7H5ClN2O.BrH/c1-4-38-26(36)15-39-24-14-34-20(12-31-25(34)10-19(24)18-11-32-33(2)13-18)17-8-22(37-3)27(21(35)7-16-5-6-16)23(9-17)40-28(29)30;1-3-21-15(20)10-22-13-9-19-5-4-16-14(19)6-12(13)11-7-17-18(2)8-11;1-2-16-11(15)7-17-9-6-14-4-3-13-10(14)5-8(9)12;8-5-3-7-9-1-2-10(7)4-6(5)11;/h8-14,16,28H,4-7,15H2,1-3H3;4-9H,3,10H2,1-2H3;3-6H,2,7H2,1H3;1-4,11H;1H. The number of hydrogen-bond donors (Lipinski definition) is 1. The Morgan fingerprint density at radius 3 is 1.55 bits per heavy atom. The fourth-order valence-electron chi connectivity index (χ4n) is 8.98. The Labute approximate surface area is 538 Å². The number of halogens is 5. The van der Waals surface area contributed by atoms with Crippen LogP contribution in [0.15, 0.2) is 129 Å². The zero-order chi connectivity index (χ0) is 64.0. The fraction of sp³-hybridized carbons (Fsp3) is 0.279. The van der Waals surface area contributed by atoms with Crippen molar-refractivity contribution < 1.29 is 71.0 Å². The highest BCUT2D eigenvalue weighted by Crippen LogP contribution is 2.42. The molecule has 0 saturated heterocycles. The fourth-order valence-corrected chi connectivity index (χ4v) is 9.33. The molecule has 10 heterocycles. The number of ether oxygens (including phenoxy) is 8. The van der Waals surface area contributed by atoms with Crippen LogP contribution in [0.25, 0.3) is 56.1 Å². The number of Topliss-reactive ketones (excluding diaryl/α,β-unsaturated/α-hetero) is 1. The highest BCUT2D eigenvalue weighted by molar-refractivity contribution is 8.93. The van der Waals surface area contributed by atoms with Crippen molar-refractivity contribution in [1.29, 1.82) is 0 Å². The van der Waals surface area contributed by atoms with Crippen LogP contribution in [0.3, 0.4) is 0 Å². The summed E-state index contributed by atoms with van der Waals surface area (Å²) in [6, 6.07) is 9.92. The molecule has 1 fully saturated rings. The van der Waals surface area contributed by atoms with Crippen LogP contribution in [-0.2, 0) is 42.7 Å². The third-order valence-corrected chi connectivity index (χ3v) is 13.8. The first-order chi connectivity index (χ1) is 43.4. The number of fused-ring (bicyclic) bond motifs is 4. The average molecular weight is 1360 g/mol. The number of benzene rings is 1. The number of esters is 3. The van der Waals surface area contributed by atoms with Gasteiger partial charge in [0.05, 0.1) is 86.0 Å². The van der Waals surface area contributed by atoms with E-state index in [0.717, 1.165) is 46.5 Å². The summed E-state index contributed by atoms with van der Waals surface area (Å²) >= 11 is 11.6. The van der Waals surface area contributed by atoms with Crippen molar-refractivity contribution in [2.75, 3.05) is 46.8 Å². The number of hydrogen-bond acceptors (Lipinski definition) is 19. The van der Waals surface area contributed by atoms with Crippen LogP contribution in [0, 0.1) is 5.92 Å². The van der Waals surface area contributed by atoms with Crippen molar-refractivity contribution in [3.05, 3.63) is 145 Å². The van der Waals surface area contributed by atoms with E-state index >= 15 is 0 Å². The summed E-state index contributed by atoms with van der Waals surface area (Å²) in [6.07, 6.45) is 27.7. The zero-order valence-electron chi connectivity index (χ0n) is 49.8.